The van der Waals surface area contributed by atoms with Gasteiger partial charge in [-0.25, -0.2) is 0 Å². The molecule has 0 fully saturated rings. The molecule has 3 rings (SSSR count). The number of nitrogens with one attached hydrogen (secondary N) is 1. The molecule has 3 aromatic rings. The first-order valence-electron chi connectivity index (χ1n) is 8.34. The second kappa shape index (κ2) is 8.25. The first-order chi connectivity index (χ1) is 11.7. The molecule has 24 heavy (non-hydrogen) atoms. The smallest absolute Gasteiger partial charge is 0.248 e. The average molecular weight is 320 g/mol. The summed E-state index contributed by atoms with van der Waals surface area (Å²) in [4.78, 5) is 19.2. The number of aromatic amines is 1. The fraction of sp³-hybridized carbons (Fsp3) is 0.238. The molecule has 0 aliphatic carbocycles. The Morgan fingerprint density at radius 1 is 0.917 bits per heavy atom. The Hall–Kier alpha value is -2.68. The number of hydrogen-bond donors (Lipinski definition) is 1. The monoisotopic (exact) mass is 320 g/mol. The van der Waals surface area contributed by atoms with E-state index in [-0.39, 0.29) is 11.0 Å². The molecule has 2 aromatic heterocycles. The topological polar surface area (TPSA) is 45.8 Å². The van der Waals surface area contributed by atoms with Crippen LogP contribution in [0.1, 0.15) is 37.7 Å². The summed E-state index contributed by atoms with van der Waals surface area (Å²) in [6.45, 7) is 6.12. The fourth-order valence-corrected chi connectivity index (χ4v) is 2.79. The van der Waals surface area contributed by atoms with Crippen LogP contribution in [0.4, 0.5) is 0 Å². The van der Waals surface area contributed by atoms with Crippen LogP contribution in [0, 0.1) is 0 Å². The van der Waals surface area contributed by atoms with Crippen molar-refractivity contribution in [3.8, 4) is 0 Å². The molecule has 0 bridgehead atoms. The van der Waals surface area contributed by atoms with Crippen molar-refractivity contribution in [3.63, 3.8) is 0 Å². The number of hydrogen-bond acceptors (Lipinski definition) is 2. The summed E-state index contributed by atoms with van der Waals surface area (Å²) >= 11 is 0. The van der Waals surface area contributed by atoms with Crippen LogP contribution in [0.15, 0.2) is 77.7 Å². The highest BCUT2D eigenvalue weighted by atomic mass is 16.1. The van der Waals surface area contributed by atoms with E-state index in [1.54, 1.807) is 12.3 Å². The molecule has 1 aromatic carbocycles. The zero-order chi connectivity index (χ0) is 17.4. The number of H-pyrrole nitrogens is 1. The molecule has 0 amide bonds. The molecule has 0 saturated heterocycles. The van der Waals surface area contributed by atoms with Crippen molar-refractivity contribution in [1.82, 2.24) is 9.97 Å². The molecule has 2 heterocycles. The van der Waals surface area contributed by atoms with Crippen molar-refractivity contribution in [2.24, 2.45) is 0 Å². The molecule has 3 heteroatoms. The lowest BCUT2D eigenvalue weighted by Gasteiger charge is -2.29. The quantitative estimate of drug-likeness (QED) is 0.777. The predicted octanol–water partition coefficient (Wildman–Crippen LogP) is 4.34. The Kier molecular flexibility index (Phi) is 6.07. The molecule has 0 aliphatic heterocycles. The van der Waals surface area contributed by atoms with Crippen molar-refractivity contribution in [3.05, 3.63) is 100 Å². The Balaban J connectivity index is 0.00000100. The Labute approximate surface area is 143 Å². The van der Waals surface area contributed by atoms with Gasteiger partial charge in [-0.1, -0.05) is 56.3 Å². The molecule has 124 valence electrons. The predicted molar refractivity (Wildman–Crippen MR) is 99.2 cm³/mol. The van der Waals surface area contributed by atoms with Gasteiger partial charge in [-0.2, -0.15) is 0 Å². The second-order valence-electron chi connectivity index (χ2n) is 5.64. The van der Waals surface area contributed by atoms with Crippen molar-refractivity contribution in [2.75, 3.05) is 0 Å². The van der Waals surface area contributed by atoms with E-state index in [9.17, 15) is 4.79 Å². The highest BCUT2D eigenvalue weighted by Gasteiger charge is 2.31. The van der Waals surface area contributed by atoms with Gasteiger partial charge in [0.25, 0.3) is 0 Å². The lowest BCUT2D eigenvalue weighted by atomic mass is 9.77. The molecule has 0 spiro atoms. The number of aromatic nitrogens is 2. The van der Waals surface area contributed by atoms with Crippen molar-refractivity contribution >= 4 is 0 Å². The summed E-state index contributed by atoms with van der Waals surface area (Å²) < 4.78 is 0. The summed E-state index contributed by atoms with van der Waals surface area (Å²) in [7, 11) is 0. The van der Waals surface area contributed by atoms with E-state index < -0.39 is 0 Å². The van der Waals surface area contributed by atoms with E-state index in [0.29, 0.717) is 0 Å². The average Bonchev–Trinajstić information content (AvgIpc) is 2.65. The molecule has 1 N–H and O–H groups in total. The maximum atomic E-state index is 11.7. The third-order valence-electron chi connectivity index (χ3n) is 3.99. The molecule has 3 nitrogen and oxygen atoms in total. The van der Waals surface area contributed by atoms with Gasteiger partial charge in [0.15, 0.2) is 0 Å². The van der Waals surface area contributed by atoms with E-state index in [2.05, 4.69) is 29.0 Å². The largest absolute Gasteiger partial charge is 0.325 e. The van der Waals surface area contributed by atoms with Crippen LogP contribution >= 0.6 is 0 Å². The highest BCUT2D eigenvalue weighted by Crippen LogP contribution is 2.32. The third-order valence-corrected chi connectivity index (χ3v) is 3.99. The van der Waals surface area contributed by atoms with Gasteiger partial charge in [-0.15, -0.1) is 0 Å². The van der Waals surface area contributed by atoms with Crippen molar-refractivity contribution in [2.45, 2.75) is 32.6 Å². The van der Waals surface area contributed by atoms with E-state index in [1.165, 1.54) is 11.6 Å². The first-order valence-corrected chi connectivity index (χ1v) is 8.34. The van der Waals surface area contributed by atoms with Crippen molar-refractivity contribution < 1.29 is 0 Å². The lowest BCUT2D eigenvalue weighted by Crippen LogP contribution is -2.30. The van der Waals surface area contributed by atoms with Crippen LogP contribution in [-0.4, -0.2) is 9.97 Å². The number of rotatable bonds is 4. The summed E-state index contributed by atoms with van der Waals surface area (Å²) in [6, 6.07) is 21.4. The van der Waals surface area contributed by atoms with E-state index in [1.807, 2.05) is 56.3 Å². The van der Waals surface area contributed by atoms with Gasteiger partial charge in [0.05, 0.1) is 11.1 Å². The molecule has 0 saturated carbocycles. The second-order valence-corrected chi connectivity index (χ2v) is 5.64. The minimum absolute atomic E-state index is 0.0901. The number of benzene rings is 1. The van der Waals surface area contributed by atoms with Gasteiger partial charge in [0.2, 0.25) is 5.56 Å². The molecule has 0 aliphatic rings. The first kappa shape index (κ1) is 17.7. The molecular formula is C21H24N2O. The van der Waals surface area contributed by atoms with Crippen LogP contribution in [0.3, 0.4) is 0 Å². The normalized spacial score (nSPS) is 12.6. The molecule has 0 radical (unpaired) electrons. The highest BCUT2D eigenvalue weighted by molar-refractivity contribution is 5.33. The zero-order valence-electron chi connectivity index (χ0n) is 14.5. The van der Waals surface area contributed by atoms with Crippen LogP contribution in [-0.2, 0) is 11.8 Å². The van der Waals surface area contributed by atoms with Crippen molar-refractivity contribution in [1.29, 1.82) is 0 Å². The van der Waals surface area contributed by atoms with Gasteiger partial charge in [0.1, 0.15) is 0 Å². The Morgan fingerprint density at radius 3 is 2.25 bits per heavy atom. The van der Waals surface area contributed by atoms with Gasteiger partial charge >= 0.3 is 0 Å². The zero-order valence-corrected chi connectivity index (χ0v) is 14.5. The van der Waals surface area contributed by atoms with Gasteiger partial charge in [-0.05, 0) is 37.1 Å². The van der Waals surface area contributed by atoms with E-state index in [4.69, 9.17) is 0 Å². The van der Waals surface area contributed by atoms with Gasteiger partial charge in [-0.3, -0.25) is 9.78 Å². The van der Waals surface area contributed by atoms with Crippen LogP contribution in [0.5, 0.6) is 0 Å². The minimum Gasteiger partial charge on any atom is -0.325 e. The summed E-state index contributed by atoms with van der Waals surface area (Å²) in [6.07, 6.45) is 2.56. The fourth-order valence-electron chi connectivity index (χ4n) is 2.79. The number of pyridine rings is 2. The summed E-state index contributed by atoms with van der Waals surface area (Å²) in [5.74, 6) is 0. The summed E-state index contributed by atoms with van der Waals surface area (Å²) in [5, 5.41) is 0. The van der Waals surface area contributed by atoms with Gasteiger partial charge in [0, 0.05) is 18.0 Å². The van der Waals surface area contributed by atoms with E-state index in [0.717, 1.165) is 17.8 Å². The molecular weight excluding hydrogens is 296 g/mol. The van der Waals surface area contributed by atoms with Crippen LogP contribution < -0.4 is 5.56 Å². The van der Waals surface area contributed by atoms with Crippen LogP contribution in [0.2, 0.25) is 0 Å². The molecule has 1 unspecified atom stereocenters. The van der Waals surface area contributed by atoms with Gasteiger partial charge < -0.3 is 4.98 Å². The maximum Gasteiger partial charge on any atom is 0.248 e. The minimum atomic E-state index is -0.386. The third kappa shape index (κ3) is 3.99. The van der Waals surface area contributed by atoms with E-state index >= 15 is 0 Å². The SMILES string of the molecule is CC.CC(Cc1ccccc1)(c1ccccn1)c1cccc(=O)[nH]1. The Morgan fingerprint density at radius 2 is 1.62 bits per heavy atom. The van der Waals surface area contributed by atoms with Crippen LogP contribution in [0.25, 0.3) is 0 Å². The molecule has 1 atom stereocenters. The Bertz CT molecular complexity index is 797. The maximum absolute atomic E-state index is 11.7. The number of nitrogens with zero attached hydrogens (tertiary/aromatic N) is 1. The lowest BCUT2D eigenvalue weighted by molar-refractivity contribution is 0.530. The standard InChI is InChI=1S/C19H18N2O.C2H6/c1-19(16-10-5-6-13-20-16,14-15-8-3-2-4-9-15)17-11-7-12-18(22)21-17;1-2/h2-13H,14H2,1H3,(H,21,22);1-2H3. The summed E-state index contributed by atoms with van der Waals surface area (Å²) in [5.41, 5.74) is 2.56.